The Kier molecular flexibility index (Phi) is 5.52. The minimum absolute atomic E-state index is 0.0957. The number of rotatable bonds is 4. The molecule has 0 aliphatic carbocycles. The molecular formula is C22H20FNO3S2. The SMILES string of the molecule is O=C(c1ccc(-c2ccsc2)cc1)N1CCC[C@@H](S(=O)(=O)c2ccc(F)cc2)C1. The lowest BCUT2D eigenvalue weighted by Gasteiger charge is -2.32. The molecule has 1 aromatic heterocycles. The van der Waals surface area contributed by atoms with Gasteiger partial charge in [0, 0.05) is 18.7 Å². The second-order valence-electron chi connectivity index (χ2n) is 7.10. The van der Waals surface area contributed by atoms with E-state index in [9.17, 15) is 17.6 Å². The Hall–Kier alpha value is -2.51. The molecule has 0 bridgehead atoms. The zero-order valence-corrected chi connectivity index (χ0v) is 17.3. The summed E-state index contributed by atoms with van der Waals surface area (Å²) in [4.78, 5) is 14.6. The van der Waals surface area contributed by atoms with Gasteiger partial charge in [0.1, 0.15) is 5.82 Å². The highest BCUT2D eigenvalue weighted by Crippen LogP contribution is 2.26. The maximum absolute atomic E-state index is 13.1. The molecule has 1 atom stereocenters. The molecule has 2 aromatic carbocycles. The Balaban J connectivity index is 1.50. The second-order valence-corrected chi connectivity index (χ2v) is 10.1. The van der Waals surface area contributed by atoms with Gasteiger partial charge in [-0.15, -0.1) is 0 Å². The number of carbonyl (C=O) groups excluding carboxylic acids is 1. The lowest BCUT2D eigenvalue weighted by molar-refractivity contribution is 0.0727. The van der Waals surface area contributed by atoms with Crippen LogP contribution in [0.3, 0.4) is 0 Å². The van der Waals surface area contributed by atoms with Gasteiger partial charge in [0.2, 0.25) is 0 Å². The average Bonchev–Trinajstić information content (AvgIpc) is 3.29. The van der Waals surface area contributed by atoms with Crippen LogP contribution in [0.25, 0.3) is 11.1 Å². The first-order chi connectivity index (χ1) is 13.9. The van der Waals surface area contributed by atoms with Crippen molar-refractivity contribution < 1.29 is 17.6 Å². The molecule has 0 saturated carbocycles. The van der Waals surface area contributed by atoms with Gasteiger partial charge in [-0.2, -0.15) is 11.3 Å². The molecule has 0 spiro atoms. The zero-order valence-electron chi connectivity index (χ0n) is 15.6. The van der Waals surface area contributed by atoms with Crippen LogP contribution >= 0.6 is 11.3 Å². The third-order valence-electron chi connectivity index (χ3n) is 5.23. The molecule has 4 rings (SSSR count). The highest BCUT2D eigenvalue weighted by Gasteiger charge is 2.34. The third-order valence-corrected chi connectivity index (χ3v) is 8.11. The average molecular weight is 430 g/mol. The van der Waals surface area contributed by atoms with E-state index < -0.39 is 20.9 Å². The van der Waals surface area contributed by atoms with E-state index in [0.717, 1.165) is 23.3 Å². The van der Waals surface area contributed by atoms with Crippen LogP contribution in [0.2, 0.25) is 0 Å². The first-order valence-corrected chi connectivity index (χ1v) is 11.9. The van der Waals surface area contributed by atoms with Gasteiger partial charge >= 0.3 is 0 Å². The predicted molar refractivity (Wildman–Crippen MR) is 112 cm³/mol. The Labute approximate surface area is 173 Å². The Morgan fingerprint density at radius 3 is 2.38 bits per heavy atom. The summed E-state index contributed by atoms with van der Waals surface area (Å²) in [7, 11) is -3.62. The first-order valence-electron chi connectivity index (χ1n) is 9.36. The number of nitrogens with zero attached hydrogens (tertiary/aromatic N) is 1. The van der Waals surface area contributed by atoms with Crippen LogP contribution in [-0.4, -0.2) is 37.6 Å². The summed E-state index contributed by atoms with van der Waals surface area (Å²) in [6.07, 6.45) is 1.10. The second kappa shape index (κ2) is 8.08. The van der Waals surface area contributed by atoms with Gasteiger partial charge in [-0.3, -0.25) is 4.79 Å². The first kappa shape index (κ1) is 19.8. The van der Waals surface area contributed by atoms with Crippen LogP contribution in [0.1, 0.15) is 23.2 Å². The Morgan fingerprint density at radius 1 is 1.00 bits per heavy atom. The summed E-state index contributed by atoms with van der Waals surface area (Å²) >= 11 is 1.62. The van der Waals surface area contributed by atoms with Gasteiger partial charge in [0.25, 0.3) is 5.91 Å². The molecule has 0 radical (unpaired) electrons. The van der Waals surface area contributed by atoms with Crippen LogP contribution in [0.4, 0.5) is 4.39 Å². The van der Waals surface area contributed by atoms with Crippen molar-refractivity contribution in [1.29, 1.82) is 0 Å². The Bertz CT molecular complexity index is 1090. The molecule has 150 valence electrons. The molecule has 1 aliphatic rings. The van der Waals surface area contributed by atoms with Gasteiger partial charge in [-0.1, -0.05) is 12.1 Å². The molecule has 2 heterocycles. The summed E-state index contributed by atoms with van der Waals surface area (Å²) < 4.78 is 39.0. The maximum atomic E-state index is 13.1. The largest absolute Gasteiger partial charge is 0.337 e. The summed E-state index contributed by atoms with van der Waals surface area (Å²) in [5, 5.41) is 3.37. The lowest BCUT2D eigenvalue weighted by atomic mass is 10.0. The van der Waals surface area contributed by atoms with E-state index in [-0.39, 0.29) is 17.3 Å². The molecular weight excluding hydrogens is 409 g/mol. The van der Waals surface area contributed by atoms with Gasteiger partial charge in [0.15, 0.2) is 9.84 Å². The smallest absolute Gasteiger partial charge is 0.253 e. The quantitative estimate of drug-likeness (QED) is 0.568. The van der Waals surface area contributed by atoms with E-state index in [1.807, 2.05) is 29.0 Å². The van der Waals surface area contributed by atoms with Crippen molar-refractivity contribution >= 4 is 27.1 Å². The van der Waals surface area contributed by atoms with Gasteiger partial charge in [-0.25, -0.2) is 12.8 Å². The van der Waals surface area contributed by atoms with Crippen LogP contribution in [0.15, 0.2) is 70.3 Å². The van der Waals surface area contributed by atoms with E-state index >= 15 is 0 Å². The van der Waals surface area contributed by atoms with Crippen molar-refractivity contribution in [3.05, 3.63) is 76.7 Å². The summed E-state index contributed by atoms with van der Waals surface area (Å²) in [5.74, 6) is -0.642. The molecule has 1 aliphatic heterocycles. The van der Waals surface area contributed by atoms with E-state index in [4.69, 9.17) is 0 Å². The van der Waals surface area contributed by atoms with Crippen molar-refractivity contribution in [1.82, 2.24) is 4.90 Å². The van der Waals surface area contributed by atoms with Crippen LogP contribution in [-0.2, 0) is 9.84 Å². The van der Waals surface area contributed by atoms with Crippen molar-refractivity contribution in [3.63, 3.8) is 0 Å². The maximum Gasteiger partial charge on any atom is 0.253 e. The summed E-state index contributed by atoms with van der Waals surface area (Å²) in [6, 6.07) is 14.3. The molecule has 4 nitrogen and oxygen atoms in total. The fraction of sp³-hybridized carbons (Fsp3) is 0.227. The third kappa shape index (κ3) is 4.11. The lowest BCUT2D eigenvalue weighted by Crippen LogP contribution is -2.45. The number of sulfone groups is 1. The normalized spacial score (nSPS) is 17.3. The molecule has 0 N–H and O–H groups in total. The molecule has 3 aromatic rings. The molecule has 1 amide bonds. The van der Waals surface area contributed by atoms with Gasteiger partial charge in [0.05, 0.1) is 10.1 Å². The highest BCUT2D eigenvalue weighted by molar-refractivity contribution is 7.92. The number of halogens is 1. The van der Waals surface area contributed by atoms with Gasteiger partial charge in [-0.05, 0) is 77.2 Å². The molecule has 1 fully saturated rings. The van der Waals surface area contributed by atoms with Crippen molar-refractivity contribution in [3.8, 4) is 11.1 Å². The minimum Gasteiger partial charge on any atom is -0.337 e. The molecule has 29 heavy (non-hydrogen) atoms. The van der Waals surface area contributed by atoms with E-state index in [1.165, 1.54) is 12.1 Å². The van der Waals surface area contributed by atoms with Gasteiger partial charge < -0.3 is 4.90 Å². The number of benzene rings is 2. The van der Waals surface area contributed by atoms with E-state index in [0.29, 0.717) is 24.9 Å². The standard InChI is InChI=1S/C22H20FNO3S2/c23-19-7-9-20(10-8-19)29(26,27)21-2-1-12-24(14-21)22(25)17-5-3-16(4-6-17)18-11-13-28-15-18/h3-11,13,15,21H,1-2,12,14H2/t21-/m1/s1. The van der Waals surface area contributed by atoms with Crippen molar-refractivity contribution in [2.45, 2.75) is 23.0 Å². The Morgan fingerprint density at radius 2 is 1.72 bits per heavy atom. The predicted octanol–water partition coefficient (Wildman–Crippen LogP) is 4.63. The number of likely N-dealkylation sites (tertiary alicyclic amines) is 1. The van der Waals surface area contributed by atoms with Crippen LogP contribution in [0.5, 0.6) is 0 Å². The molecule has 7 heteroatoms. The number of amides is 1. The van der Waals surface area contributed by atoms with Crippen LogP contribution in [0, 0.1) is 5.82 Å². The fourth-order valence-electron chi connectivity index (χ4n) is 3.61. The highest BCUT2D eigenvalue weighted by atomic mass is 32.2. The number of hydrogen-bond donors (Lipinski definition) is 0. The van der Waals surface area contributed by atoms with Crippen LogP contribution < -0.4 is 0 Å². The summed E-state index contributed by atoms with van der Waals surface area (Å²) in [5.41, 5.74) is 2.69. The summed E-state index contributed by atoms with van der Waals surface area (Å²) in [6.45, 7) is 0.672. The minimum atomic E-state index is -3.62. The number of hydrogen-bond acceptors (Lipinski definition) is 4. The van der Waals surface area contributed by atoms with E-state index in [2.05, 4.69) is 0 Å². The fourth-order valence-corrected chi connectivity index (χ4v) is 6.03. The number of piperidine rings is 1. The van der Waals surface area contributed by atoms with E-state index in [1.54, 1.807) is 28.4 Å². The number of carbonyl (C=O) groups is 1. The molecule has 0 unspecified atom stereocenters. The van der Waals surface area contributed by atoms with Crippen molar-refractivity contribution in [2.24, 2.45) is 0 Å². The monoisotopic (exact) mass is 429 g/mol. The van der Waals surface area contributed by atoms with Crippen molar-refractivity contribution in [2.75, 3.05) is 13.1 Å². The number of thiophene rings is 1. The molecule has 1 saturated heterocycles. The topological polar surface area (TPSA) is 54.5 Å². The zero-order chi connectivity index (χ0) is 20.4.